The van der Waals surface area contributed by atoms with Crippen molar-refractivity contribution in [3.63, 3.8) is 0 Å². The number of aromatic nitrogens is 1. The Balaban J connectivity index is 1.98. The Bertz CT molecular complexity index is 855. The molecule has 1 atom stereocenters. The summed E-state index contributed by atoms with van der Waals surface area (Å²) >= 11 is 0. The van der Waals surface area contributed by atoms with Crippen molar-refractivity contribution in [3.05, 3.63) is 48.0 Å². The minimum atomic E-state index is -0.965. The normalized spacial score (nSPS) is 11.7. The highest BCUT2D eigenvalue weighted by Gasteiger charge is 2.18. The molecule has 0 aliphatic rings. The molecule has 32 heavy (non-hydrogen) atoms. The van der Waals surface area contributed by atoms with Crippen LogP contribution >= 0.6 is 0 Å². The molecule has 2 aromatic rings. The highest BCUT2D eigenvalue weighted by Crippen LogP contribution is 2.21. The van der Waals surface area contributed by atoms with Crippen LogP contribution in [0.4, 0.5) is 10.6 Å². The van der Waals surface area contributed by atoms with Crippen LogP contribution in [-0.2, 0) is 16.0 Å². The summed E-state index contributed by atoms with van der Waals surface area (Å²) in [5.74, 6) is -0.398. The molecule has 0 saturated heterocycles. The number of carboxylic acids is 1. The van der Waals surface area contributed by atoms with Crippen molar-refractivity contribution in [3.8, 4) is 11.3 Å². The van der Waals surface area contributed by atoms with Crippen molar-refractivity contribution in [2.24, 2.45) is 0 Å². The number of rotatable bonds is 13. The van der Waals surface area contributed by atoms with Gasteiger partial charge in [-0.3, -0.25) is 4.90 Å². The molecule has 2 N–H and O–H groups in total. The zero-order valence-electron chi connectivity index (χ0n) is 19.3. The molecule has 0 unspecified atom stereocenters. The maximum absolute atomic E-state index is 12.5. The van der Waals surface area contributed by atoms with Crippen LogP contribution in [0.1, 0.15) is 51.5 Å². The molecule has 0 bridgehead atoms. The Kier molecular flexibility index (Phi) is 10.7. The van der Waals surface area contributed by atoms with Gasteiger partial charge in [0, 0.05) is 32.2 Å². The molecule has 2 amide bonds. The van der Waals surface area contributed by atoms with Crippen molar-refractivity contribution in [2.45, 2.75) is 58.5 Å². The molecule has 0 aliphatic heterocycles. The van der Waals surface area contributed by atoms with Crippen molar-refractivity contribution in [1.82, 2.24) is 10.3 Å². The largest absolute Gasteiger partial charge is 0.479 e. The lowest BCUT2D eigenvalue weighted by Gasteiger charge is -2.18. The number of ether oxygens (including phenoxy) is 1. The highest BCUT2D eigenvalue weighted by atomic mass is 16.5. The zero-order valence-corrected chi connectivity index (χ0v) is 19.3. The predicted molar refractivity (Wildman–Crippen MR) is 127 cm³/mol. The number of amides is 2. The number of carbonyl (C=O) groups excluding carboxylic acids is 1. The quantitative estimate of drug-likeness (QED) is 0.432. The minimum Gasteiger partial charge on any atom is -0.479 e. The number of unbranched alkanes of at least 4 members (excludes halogenated alkanes) is 4. The van der Waals surface area contributed by atoms with Gasteiger partial charge in [-0.25, -0.2) is 14.6 Å². The number of carbonyl (C=O) groups is 2. The maximum atomic E-state index is 12.5. The van der Waals surface area contributed by atoms with Crippen LogP contribution < -0.4 is 10.2 Å². The highest BCUT2D eigenvalue weighted by molar-refractivity contribution is 5.90. The van der Waals surface area contributed by atoms with Gasteiger partial charge in [-0.2, -0.15) is 0 Å². The van der Waals surface area contributed by atoms with E-state index >= 15 is 0 Å². The van der Waals surface area contributed by atoms with Crippen LogP contribution in [-0.4, -0.2) is 48.4 Å². The van der Waals surface area contributed by atoms with E-state index in [0.717, 1.165) is 29.7 Å². The standard InChI is InChI=1S/C25H35N3O4/c1-4-6-7-8-9-17-26-25(31)28(3)23-12-10-11-21(27-23)20-15-13-19(14-16-20)18-22(24(29)30)32-5-2/h10-16,22H,4-9,17-18H2,1-3H3,(H,26,31)(H,29,30)/t22-/m0/s1. The molecule has 0 aliphatic carbocycles. The minimum absolute atomic E-state index is 0.170. The number of aliphatic carboxylic acids is 1. The fourth-order valence-electron chi connectivity index (χ4n) is 3.36. The third-order valence-corrected chi connectivity index (χ3v) is 5.25. The molecule has 1 aromatic heterocycles. The first-order valence-electron chi connectivity index (χ1n) is 11.4. The van der Waals surface area contributed by atoms with Crippen LogP contribution in [0.2, 0.25) is 0 Å². The number of nitrogens with one attached hydrogen (secondary N) is 1. The average Bonchev–Trinajstić information content (AvgIpc) is 2.81. The van der Waals surface area contributed by atoms with Gasteiger partial charge < -0.3 is 15.2 Å². The van der Waals surface area contributed by atoms with Gasteiger partial charge in [-0.05, 0) is 31.0 Å². The summed E-state index contributed by atoms with van der Waals surface area (Å²) in [5.41, 5.74) is 2.51. The van der Waals surface area contributed by atoms with E-state index in [0.29, 0.717) is 25.4 Å². The Labute approximate surface area is 190 Å². The summed E-state index contributed by atoms with van der Waals surface area (Å²) < 4.78 is 5.28. The van der Waals surface area contributed by atoms with E-state index in [1.807, 2.05) is 36.4 Å². The number of hydrogen-bond donors (Lipinski definition) is 2. The average molecular weight is 442 g/mol. The summed E-state index contributed by atoms with van der Waals surface area (Å²) in [5, 5.41) is 12.2. The van der Waals surface area contributed by atoms with E-state index in [1.54, 1.807) is 20.0 Å². The molecule has 174 valence electrons. The van der Waals surface area contributed by atoms with E-state index in [1.165, 1.54) is 24.2 Å². The molecule has 0 fully saturated rings. The molecule has 1 heterocycles. The first kappa shape index (κ1) is 25.3. The fourth-order valence-corrected chi connectivity index (χ4v) is 3.36. The van der Waals surface area contributed by atoms with Gasteiger partial charge in [0.05, 0.1) is 5.69 Å². The van der Waals surface area contributed by atoms with Crippen LogP contribution in [0.15, 0.2) is 42.5 Å². The van der Waals surface area contributed by atoms with E-state index in [2.05, 4.69) is 17.2 Å². The number of urea groups is 1. The van der Waals surface area contributed by atoms with E-state index in [4.69, 9.17) is 4.74 Å². The summed E-state index contributed by atoms with van der Waals surface area (Å²) in [6, 6.07) is 13.0. The second kappa shape index (κ2) is 13.5. The van der Waals surface area contributed by atoms with Gasteiger partial charge in [-0.1, -0.05) is 62.9 Å². The van der Waals surface area contributed by atoms with E-state index < -0.39 is 12.1 Å². The molecule has 7 nitrogen and oxygen atoms in total. The Morgan fingerprint density at radius 3 is 2.44 bits per heavy atom. The smallest absolute Gasteiger partial charge is 0.333 e. The van der Waals surface area contributed by atoms with Gasteiger partial charge in [0.25, 0.3) is 0 Å². The molecular weight excluding hydrogens is 406 g/mol. The first-order chi connectivity index (χ1) is 15.5. The molecule has 2 rings (SSSR count). The van der Waals surface area contributed by atoms with Crippen LogP contribution in [0, 0.1) is 0 Å². The number of nitrogens with zero attached hydrogens (tertiary/aromatic N) is 2. The molecule has 7 heteroatoms. The van der Waals surface area contributed by atoms with E-state index in [9.17, 15) is 14.7 Å². The van der Waals surface area contributed by atoms with Crippen molar-refractivity contribution < 1.29 is 19.4 Å². The predicted octanol–water partition coefficient (Wildman–Crippen LogP) is 4.90. The lowest BCUT2D eigenvalue weighted by molar-refractivity contribution is -0.149. The van der Waals surface area contributed by atoms with Crippen molar-refractivity contribution in [1.29, 1.82) is 0 Å². The third-order valence-electron chi connectivity index (χ3n) is 5.25. The molecule has 0 radical (unpaired) electrons. The summed E-state index contributed by atoms with van der Waals surface area (Å²) in [4.78, 5) is 29.9. The van der Waals surface area contributed by atoms with Crippen molar-refractivity contribution in [2.75, 3.05) is 25.1 Å². The Morgan fingerprint density at radius 1 is 1.06 bits per heavy atom. The SMILES string of the molecule is CCCCCCCNC(=O)N(C)c1cccc(-c2ccc(C[C@H](OCC)C(=O)O)cc2)n1. The Hall–Kier alpha value is -2.93. The lowest BCUT2D eigenvalue weighted by atomic mass is 10.0. The van der Waals surface area contributed by atoms with Gasteiger partial charge >= 0.3 is 12.0 Å². The number of anilines is 1. The zero-order chi connectivity index (χ0) is 23.3. The van der Waals surface area contributed by atoms with Gasteiger partial charge in [-0.15, -0.1) is 0 Å². The number of pyridine rings is 1. The molecule has 1 aromatic carbocycles. The number of hydrogen-bond acceptors (Lipinski definition) is 4. The van der Waals surface area contributed by atoms with Gasteiger partial charge in [0.2, 0.25) is 0 Å². The van der Waals surface area contributed by atoms with Crippen LogP contribution in [0.25, 0.3) is 11.3 Å². The van der Waals surface area contributed by atoms with Crippen LogP contribution in [0.3, 0.4) is 0 Å². The summed E-state index contributed by atoms with van der Waals surface area (Å²) in [6.45, 7) is 4.98. The topological polar surface area (TPSA) is 91.8 Å². The summed E-state index contributed by atoms with van der Waals surface area (Å²) in [6.07, 6.45) is 5.19. The van der Waals surface area contributed by atoms with Crippen LogP contribution in [0.5, 0.6) is 0 Å². The Morgan fingerprint density at radius 2 is 1.78 bits per heavy atom. The molecule has 0 saturated carbocycles. The van der Waals surface area contributed by atoms with Gasteiger partial charge in [0.15, 0.2) is 6.10 Å². The fraction of sp³-hybridized carbons (Fsp3) is 0.480. The molecule has 0 spiro atoms. The monoisotopic (exact) mass is 441 g/mol. The van der Waals surface area contributed by atoms with Crippen molar-refractivity contribution >= 4 is 17.8 Å². The summed E-state index contributed by atoms with van der Waals surface area (Å²) in [7, 11) is 1.71. The third kappa shape index (κ3) is 7.96. The first-order valence-corrected chi connectivity index (χ1v) is 11.4. The lowest BCUT2D eigenvalue weighted by Crippen LogP contribution is -2.38. The maximum Gasteiger partial charge on any atom is 0.333 e. The van der Waals surface area contributed by atoms with E-state index in [-0.39, 0.29) is 6.03 Å². The number of benzene rings is 1. The van der Waals surface area contributed by atoms with Gasteiger partial charge in [0.1, 0.15) is 5.82 Å². The second-order valence-corrected chi connectivity index (χ2v) is 7.77. The molecular formula is C25H35N3O4. The number of carboxylic acid groups (broad SMARTS) is 1. The second-order valence-electron chi connectivity index (χ2n) is 7.77.